The van der Waals surface area contributed by atoms with Crippen LogP contribution in [-0.2, 0) is 6.54 Å². The van der Waals surface area contributed by atoms with Gasteiger partial charge in [-0.25, -0.2) is 0 Å². The van der Waals surface area contributed by atoms with Gasteiger partial charge in [-0.05, 0) is 31.5 Å². The molecule has 0 radical (unpaired) electrons. The number of methoxy groups -OCH3 is 2. The fourth-order valence-electron chi connectivity index (χ4n) is 2.24. The molecule has 1 aromatic heterocycles. The molecule has 0 spiro atoms. The van der Waals surface area contributed by atoms with Crippen molar-refractivity contribution in [2.24, 2.45) is 0 Å². The highest BCUT2D eigenvalue weighted by molar-refractivity contribution is 5.44. The van der Waals surface area contributed by atoms with Gasteiger partial charge in [0.2, 0.25) is 5.95 Å². The van der Waals surface area contributed by atoms with E-state index in [2.05, 4.69) is 39.2 Å². The summed E-state index contributed by atoms with van der Waals surface area (Å²) in [6.07, 6.45) is 1.68. The number of nitrogens with one attached hydrogen (secondary N) is 1. The summed E-state index contributed by atoms with van der Waals surface area (Å²) >= 11 is 0. The fraction of sp³-hybridized carbons (Fsp3) is 0.438. The second-order valence-electron chi connectivity index (χ2n) is 4.85. The molecule has 0 fully saturated rings. The van der Waals surface area contributed by atoms with Crippen LogP contribution in [0.5, 0.6) is 11.5 Å². The topological polar surface area (TPSA) is 72.4 Å². The molecule has 1 aromatic carbocycles. The molecule has 0 aliphatic heterocycles. The first-order chi connectivity index (χ1) is 11.2. The molecule has 7 nitrogen and oxygen atoms in total. The minimum Gasteiger partial charge on any atom is -0.493 e. The summed E-state index contributed by atoms with van der Waals surface area (Å²) in [4.78, 5) is 6.61. The van der Waals surface area contributed by atoms with Gasteiger partial charge in [0.15, 0.2) is 17.3 Å². The van der Waals surface area contributed by atoms with Crippen molar-refractivity contribution in [3.63, 3.8) is 0 Å². The zero-order valence-corrected chi connectivity index (χ0v) is 14.0. The van der Waals surface area contributed by atoms with E-state index in [1.54, 1.807) is 20.4 Å². The van der Waals surface area contributed by atoms with Crippen molar-refractivity contribution in [1.29, 1.82) is 0 Å². The van der Waals surface area contributed by atoms with E-state index in [-0.39, 0.29) is 0 Å². The lowest BCUT2D eigenvalue weighted by atomic mass is 10.2. The summed E-state index contributed by atoms with van der Waals surface area (Å²) < 4.78 is 10.5. The molecule has 1 N–H and O–H groups in total. The number of hydrogen-bond donors (Lipinski definition) is 1. The fourth-order valence-corrected chi connectivity index (χ4v) is 2.24. The molecule has 0 amide bonds. The standard InChI is InChI=1S/C16H23N5O2/c1-5-21(6-2)15-11-18-20-16(19-15)17-10-12-7-8-13(22-3)14(9-12)23-4/h7-9,11H,5-6,10H2,1-4H3,(H,17,19,20). The lowest BCUT2D eigenvalue weighted by Gasteiger charge is -2.19. The summed E-state index contributed by atoms with van der Waals surface area (Å²) in [5.41, 5.74) is 1.04. The number of ether oxygens (including phenoxy) is 2. The molecule has 7 heteroatoms. The van der Waals surface area contributed by atoms with Crippen LogP contribution in [-0.4, -0.2) is 42.5 Å². The average molecular weight is 317 g/mol. The van der Waals surface area contributed by atoms with E-state index in [1.807, 2.05) is 18.2 Å². The maximum absolute atomic E-state index is 5.31. The predicted octanol–water partition coefficient (Wildman–Crippen LogP) is 2.35. The minimum absolute atomic E-state index is 0.504. The number of aromatic nitrogens is 3. The highest BCUT2D eigenvalue weighted by Crippen LogP contribution is 2.27. The van der Waals surface area contributed by atoms with E-state index in [0.29, 0.717) is 24.0 Å². The zero-order valence-electron chi connectivity index (χ0n) is 14.0. The highest BCUT2D eigenvalue weighted by Gasteiger charge is 2.08. The first-order valence-corrected chi connectivity index (χ1v) is 7.61. The molecule has 2 rings (SSSR count). The molecule has 0 bridgehead atoms. The number of anilines is 2. The Balaban J connectivity index is 2.07. The van der Waals surface area contributed by atoms with Crippen LogP contribution in [0.15, 0.2) is 24.4 Å². The van der Waals surface area contributed by atoms with E-state index in [9.17, 15) is 0 Å². The molecule has 2 aromatic rings. The van der Waals surface area contributed by atoms with Crippen LogP contribution in [0.3, 0.4) is 0 Å². The van der Waals surface area contributed by atoms with E-state index in [1.165, 1.54) is 0 Å². The molecule has 0 atom stereocenters. The number of benzene rings is 1. The van der Waals surface area contributed by atoms with Crippen LogP contribution in [0, 0.1) is 0 Å². The van der Waals surface area contributed by atoms with Crippen LogP contribution in [0.4, 0.5) is 11.8 Å². The van der Waals surface area contributed by atoms with Gasteiger partial charge in [0.1, 0.15) is 0 Å². The van der Waals surface area contributed by atoms with Crippen molar-refractivity contribution >= 4 is 11.8 Å². The Kier molecular flexibility index (Phi) is 5.96. The van der Waals surface area contributed by atoms with Crippen LogP contribution >= 0.6 is 0 Å². The van der Waals surface area contributed by atoms with Crippen LogP contribution in [0.1, 0.15) is 19.4 Å². The summed E-state index contributed by atoms with van der Waals surface area (Å²) in [6, 6.07) is 5.77. The molecule has 0 unspecified atom stereocenters. The van der Waals surface area contributed by atoms with Gasteiger partial charge in [0.05, 0.1) is 20.4 Å². The van der Waals surface area contributed by atoms with Gasteiger partial charge in [0.25, 0.3) is 0 Å². The third-order valence-electron chi connectivity index (χ3n) is 3.53. The first kappa shape index (κ1) is 16.8. The number of nitrogens with zero attached hydrogens (tertiary/aromatic N) is 4. The zero-order chi connectivity index (χ0) is 16.7. The molecule has 124 valence electrons. The van der Waals surface area contributed by atoms with Gasteiger partial charge < -0.3 is 19.7 Å². The second kappa shape index (κ2) is 8.17. The van der Waals surface area contributed by atoms with Gasteiger partial charge in [-0.1, -0.05) is 6.07 Å². The SMILES string of the molecule is CCN(CC)c1cnnc(NCc2ccc(OC)c(OC)c2)n1. The molecular weight excluding hydrogens is 294 g/mol. The maximum Gasteiger partial charge on any atom is 0.244 e. The number of rotatable bonds is 8. The monoisotopic (exact) mass is 317 g/mol. The Morgan fingerprint density at radius 2 is 1.83 bits per heavy atom. The highest BCUT2D eigenvalue weighted by atomic mass is 16.5. The third-order valence-corrected chi connectivity index (χ3v) is 3.53. The Bertz CT molecular complexity index is 632. The average Bonchev–Trinajstić information content (AvgIpc) is 2.61. The lowest BCUT2D eigenvalue weighted by Crippen LogP contribution is -2.23. The molecule has 0 aliphatic carbocycles. The summed E-state index contributed by atoms with van der Waals surface area (Å²) in [7, 11) is 3.24. The third kappa shape index (κ3) is 4.21. The second-order valence-corrected chi connectivity index (χ2v) is 4.85. The van der Waals surface area contributed by atoms with Gasteiger partial charge in [-0.3, -0.25) is 0 Å². The number of hydrogen-bond acceptors (Lipinski definition) is 7. The van der Waals surface area contributed by atoms with E-state index in [4.69, 9.17) is 9.47 Å². The summed E-state index contributed by atoms with van der Waals surface area (Å²) in [5.74, 6) is 2.73. The molecule has 0 saturated carbocycles. The smallest absolute Gasteiger partial charge is 0.244 e. The largest absolute Gasteiger partial charge is 0.493 e. The molecule has 23 heavy (non-hydrogen) atoms. The van der Waals surface area contributed by atoms with E-state index >= 15 is 0 Å². The van der Waals surface area contributed by atoms with Gasteiger partial charge in [0, 0.05) is 19.6 Å². The minimum atomic E-state index is 0.504. The van der Waals surface area contributed by atoms with Crippen LogP contribution in [0.25, 0.3) is 0 Å². The van der Waals surface area contributed by atoms with Gasteiger partial charge in [-0.2, -0.15) is 10.1 Å². The normalized spacial score (nSPS) is 10.3. The van der Waals surface area contributed by atoms with Crippen molar-refractivity contribution in [2.45, 2.75) is 20.4 Å². The predicted molar refractivity (Wildman–Crippen MR) is 90.3 cm³/mol. The molecule has 0 aliphatic rings. The Morgan fingerprint density at radius 1 is 1.09 bits per heavy atom. The van der Waals surface area contributed by atoms with Crippen molar-refractivity contribution < 1.29 is 9.47 Å². The first-order valence-electron chi connectivity index (χ1n) is 7.61. The Hall–Kier alpha value is -2.57. The van der Waals surface area contributed by atoms with Crippen LogP contribution < -0.4 is 19.7 Å². The molecule has 0 saturated heterocycles. The summed E-state index contributed by atoms with van der Waals surface area (Å²) in [6.45, 7) is 6.50. The van der Waals surface area contributed by atoms with Crippen molar-refractivity contribution in [1.82, 2.24) is 15.2 Å². The quantitative estimate of drug-likeness (QED) is 0.801. The molecule has 1 heterocycles. The van der Waals surface area contributed by atoms with Crippen LogP contribution in [0.2, 0.25) is 0 Å². The van der Waals surface area contributed by atoms with Crippen molar-refractivity contribution in [3.8, 4) is 11.5 Å². The van der Waals surface area contributed by atoms with Crippen molar-refractivity contribution in [3.05, 3.63) is 30.0 Å². The lowest BCUT2D eigenvalue weighted by molar-refractivity contribution is 0.354. The summed E-state index contributed by atoms with van der Waals surface area (Å²) in [5, 5.41) is 11.2. The molecular formula is C16H23N5O2. The van der Waals surface area contributed by atoms with Crippen molar-refractivity contribution in [2.75, 3.05) is 37.5 Å². The van der Waals surface area contributed by atoms with E-state index < -0.39 is 0 Å². The Morgan fingerprint density at radius 3 is 2.48 bits per heavy atom. The van der Waals surface area contributed by atoms with Gasteiger partial charge >= 0.3 is 0 Å². The van der Waals surface area contributed by atoms with Gasteiger partial charge in [-0.15, -0.1) is 5.10 Å². The van der Waals surface area contributed by atoms with E-state index in [0.717, 1.165) is 24.5 Å². The Labute approximate surface area is 136 Å². The maximum atomic E-state index is 5.31.